The molecule has 0 spiro atoms. The summed E-state index contributed by atoms with van der Waals surface area (Å²) in [7, 11) is 0. The lowest BCUT2D eigenvalue weighted by molar-refractivity contribution is 0.0265. The fourth-order valence-corrected chi connectivity index (χ4v) is 3.54. The normalized spacial score (nSPS) is 34.9. The molecule has 2 nitrogen and oxygen atoms in total. The van der Waals surface area contributed by atoms with E-state index in [0.29, 0.717) is 0 Å². The van der Waals surface area contributed by atoms with E-state index in [1.807, 2.05) is 0 Å². The molecule has 2 heterocycles. The van der Waals surface area contributed by atoms with Crippen LogP contribution >= 0.6 is 0 Å². The lowest BCUT2D eigenvalue weighted by Crippen LogP contribution is -2.56. The van der Waals surface area contributed by atoms with Gasteiger partial charge in [0.05, 0.1) is 0 Å². The molecule has 0 amide bonds. The van der Waals surface area contributed by atoms with Gasteiger partial charge in [-0.15, -0.1) is 6.58 Å². The molecule has 92 valence electrons. The minimum atomic E-state index is 0.778. The maximum absolute atomic E-state index is 3.84. The highest BCUT2D eigenvalue weighted by atomic mass is 15.2. The number of nitrogens with one attached hydrogen (secondary N) is 1. The van der Waals surface area contributed by atoms with Crippen LogP contribution in [0.2, 0.25) is 0 Å². The zero-order valence-corrected chi connectivity index (χ0v) is 10.6. The molecule has 0 aromatic rings. The van der Waals surface area contributed by atoms with Crippen molar-refractivity contribution in [1.82, 2.24) is 10.2 Å². The van der Waals surface area contributed by atoms with Crippen molar-refractivity contribution < 1.29 is 0 Å². The van der Waals surface area contributed by atoms with Crippen LogP contribution in [0.3, 0.4) is 0 Å². The van der Waals surface area contributed by atoms with Crippen LogP contribution in [0.4, 0.5) is 0 Å². The summed E-state index contributed by atoms with van der Waals surface area (Å²) in [4.78, 5) is 2.76. The predicted molar refractivity (Wildman–Crippen MR) is 69.6 cm³/mol. The van der Waals surface area contributed by atoms with Crippen molar-refractivity contribution in [3.8, 4) is 0 Å². The van der Waals surface area contributed by atoms with Crippen LogP contribution in [0, 0.1) is 0 Å². The standard InChI is InChI=1S/C14H26N2/c1-3-5-9-16-13-7-6-8-14(16)11-12(10-13)15-4-2/h3,12-15H,1,4-11H2,2H3. The van der Waals surface area contributed by atoms with Gasteiger partial charge in [-0.1, -0.05) is 19.4 Å². The maximum Gasteiger partial charge on any atom is 0.0113 e. The smallest absolute Gasteiger partial charge is 0.0113 e. The number of rotatable bonds is 5. The number of hydrogen-bond donors (Lipinski definition) is 1. The van der Waals surface area contributed by atoms with Crippen LogP contribution in [-0.4, -0.2) is 36.1 Å². The number of hydrogen-bond acceptors (Lipinski definition) is 2. The Bertz CT molecular complexity index is 213. The fourth-order valence-electron chi connectivity index (χ4n) is 3.54. The molecule has 2 saturated heterocycles. The zero-order valence-electron chi connectivity index (χ0n) is 10.6. The van der Waals surface area contributed by atoms with Gasteiger partial charge in [-0.3, -0.25) is 4.90 Å². The highest BCUT2D eigenvalue weighted by molar-refractivity contribution is 4.95. The highest BCUT2D eigenvalue weighted by Gasteiger charge is 2.37. The molecule has 0 aliphatic carbocycles. The molecule has 2 aliphatic heterocycles. The second-order valence-corrected chi connectivity index (χ2v) is 5.28. The quantitative estimate of drug-likeness (QED) is 0.719. The van der Waals surface area contributed by atoms with Crippen molar-refractivity contribution in [1.29, 1.82) is 0 Å². The van der Waals surface area contributed by atoms with Crippen molar-refractivity contribution in [2.75, 3.05) is 13.1 Å². The van der Waals surface area contributed by atoms with Gasteiger partial charge in [0.25, 0.3) is 0 Å². The van der Waals surface area contributed by atoms with Crippen LogP contribution in [0.25, 0.3) is 0 Å². The van der Waals surface area contributed by atoms with Crippen LogP contribution in [0.1, 0.15) is 45.4 Å². The lowest BCUT2D eigenvalue weighted by atomic mass is 9.81. The van der Waals surface area contributed by atoms with Gasteiger partial charge in [0.2, 0.25) is 0 Å². The average molecular weight is 222 g/mol. The second-order valence-electron chi connectivity index (χ2n) is 5.28. The van der Waals surface area contributed by atoms with Gasteiger partial charge in [0, 0.05) is 24.7 Å². The van der Waals surface area contributed by atoms with E-state index >= 15 is 0 Å². The average Bonchev–Trinajstić information content (AvgIpc) is 2.26. The second kappa shape index (κ2) is 5.83. The SMILES string of the molecule is C=CCCN1C2CCCC1CC(NCC)C2. The molecule has 2 bridgehead atoms. The summed E-state index contributed by atoms with van der Waals surface area (Å²) in [5.74, 6) is 0. The summed E-state index contributed by atoms with van der Waals surface area (Å²) in [6, 6.07) is 2.47. The van der Waals surface area contributed by atoms with Gasteiger partial charge >= 0.3 is 0 Å². The summed E-state index contributed by atoms with van der Waals surface area (Å²) < 4.78 is 0. The molecule has 0 saturated carbocycles. The fraction of sp³-hybridized carbons (Fsp3) is 0.857. The van der Waals surface area contributed by atoms with Crippen molar-refractivity contribution in [3.63, 3.8) is 0 Å². The van der Waals surface area contributed by atoms with Crippen LogP contribution in [0.5, 0.6) is 0 Å². The van der Waals surface area contributed by atoms with Gasteiger partial charge in [-0.05, 0) is 38.6 Å². The van der Waals surface area contributed by atoms with Gasteiger partial charge in [-0.2, -0.15) is 0 Å². The summed E-state index contributed by atoms with van der Waals surface area (Å²) in [5, 5.41) is 3.64. The molecule has 1 N–H and O–H groups in total. The Labute approximate surface area is 100 Å². The van der Waals surface area contributed by atoms with Crippen LogP contribution in [0.15, 0.2) is 12.7 Å². The summed E-state index contributed by atoms with van der Waals surface area (Å²) in [6.45, 7) is 8.42. The van der Waals surface area contributed by atoms with Gasteiger partial charge < -0.3 is 5.32 Å². The van der Waals surface area contributed by atoms with Crippen molar-refractivity contribution in [2.24, 2.45) is 0 Å². The van der Waals surface area contributed by atoms with Gasteiger partial charge in [0.15, 0.2) is 0 Å². The molecule has 2 heteroatoms. The van der Waals surface area contributed by atoms with E-state index in [1.165, 1.54) is 38.6 Å². The molecule has 2 aliphatic rings. The Morgan fingerprint density at radius 1 is 1.31 bits per heavy atom. The van der Waals surface area contributed by atoms with E-state index in [1.54, 1.807) is 0 Å². The molecule has 2 atom stereocenters. The molecule has 0 radical (unpaired) electrons. The summed E-state index contributed by atoms with van der Waals surface area (Å²) >= 11 is 0. The Morgan fingerprint density at radius 3 is 2.56 bits per heavy atom. The number of fused-ring (bicyclic) bond motifs is 2. The Kier molecular flexibility index (Phi) is 4.42. The Morgan fingerprint density at radius 2 is 2.00 bits per heavy atom. The van der Waals surface area contributed by atoms with Crippen molar-refractivity contribution >= 4 is 0 Å². The van der Waals surface area contributed by atoms with Crippen LogP contribution in [-0.2, 0) is 0 Å². The first-order valence-corrected chi connectivity index (χ1v) is 6.95. The van der Waals surface area contributed by atoms with Crippen molar-refractivity contribution in [3.05, 3.63) is 12.7 Å². The minimum absolute atomic E-state index is 0.778. The van der Waals surface area contributed by atoms with E-state index in [0.717, 1.165) is 31.1 Å². The first-order chi connectivity index (χ1) is 7.85. The number of nitrogens with zero attached hydrogens (tertiary/aromatic N) is 1. The van der Waals surface area contributed by atoms with E-state index in [-0.39, 0.29) is 0 Å². The molecular weight excluding hydrogens is 196 g/mol. The minimum Gasteiger partial charge on any atom is -0.314 e. The molecule has 16 heavy (non-hydrogen) atoms. The Balaban J connectivity index is 1.93. The van der Waals surface area contributed by atoms with E-state index in [2.05, 4.69) is 29.8 Å². The predicted octanol–water partition coefficient (Wildman–Crippen LogP) is 2.56. The van der Waals surface area contributed by atoms with E-state index < -0.39 is 0 Å². The Hall–Kier alpha value is -0.340. The highest BCUT2D eigenvalue weighted by Crippen LogP contribution is 2.33. The summed E-state index contributed by atoms with van der Waals surface area (Å²) in [6.07, 6.45) is 10.2. The van der Waals surface area contributed by atoms with E-state index in [9.17, 15) is 0 Å². The van der Waals surface area contributed by atoms with Crippen molar-refractivity contribution in [2.45, 2.75) is 63.6 Å². The first kappa shape index (κ1) is 12.1. The molecule has 2 fully saturated rings. The maximum atomic E-state index is 3.84. The van der Waals surface area contributed by atoms with Crippen LogP contribution < -0.4 is 5.32 Å². The molecule has 2 rings (SSSR count). The molecule has 2 unspecified atom stereocenters. The zero-order chi connectivity index (χ0) is 11.4. The number of piperidine rings is 2. The van der Waals surface area contributed by atoms with E-state index in [4.69, 9.17) is 0 Å². The third-order valence-corrected chi connectivity index (χ3v) is 4.21. The van der Waals surface area contributed by atoms with Gasteiger partial charge in [-0.25, -0.2) is 0 Å². The van der Waals surface area contributed by atoms with Gasteiger partial charge in [0.1, 0.15) is 0 Å². The largest absolute Gasteiger partial charge is 0.314 e. The third-order valence-electron chi connectivity index (χ3n) is 4.21. The third kappa shape index (κ3) is 2.67. The monoisotopic (exact) mass is 222 g/mol. The summed E-state index contributed by atoms with van der Waals surface area (Å²) in [5.41, 5.74) is 0. The molecule has 0 aromatic carbocycles. The molecule has 0 aromatic heterocycles. The topological polar surface area (TPSA) is 15.3 Å². The lowest BCUT2D eigenvalue weighted by Gasteiger charge is -2.49. The molecular formula is C14H26N2. The first-order valence-electron chi connectivity index (χ1n) is 6.95.